The molecule has 0 aliphatic rings. The van der Waals surface area contributed by atoms with Gasteiger partial charge in [-0.2, -0.15) is 5.26 Å². The summed E-state index contributed by atoms with van der Waals surface area (Å²) in [5.74, 6) is -0.713. The highest BCUT2D eigenvalue weighted by molar-refractivity contribution is 9.10. The lowest BCUT2D eigenvalue weighted by Crippen LogP contribution is -2.28. The standard InChI is InChI=1S/C14H16BrNO/c1-4-14(2,3)13(17)11(9-16)10-7-5-6-8-12(10)15/h5-8,11H,4H2,1-3H3. The Hall–Kier alpha value is -1.14. The molecule has 0 fully saturated rings. The number of hydrogen-bond acceptors (Lipinski definition) is 2. The Morgan fingerprint density at radius 2 is 2.06 bits per heavy atom. The van der Waals surface area contributed by atoms with E-state index >= 15 is 0 Å². The zero-order valence-corrected chi connectivity index (χ0v) is 11.9. The van der Waals surface area contributed by atoms with Crippen LogP contribution in [0.25, 0.3) is 0 Å². The molecule has 0 amide bonds. The second-order valence-electron chi connectivity index (χ2n) is 4.69. The number of ketones is 1. The third-order valence-electron chi connectivity index (χ3n) is 3.16. The molecule has 1 unspecified atom stereocenters. The first kappa shape index (κ1) is 13.9. The van der Waals surface area contributed by atoms with E-state index in [9.17, 15) is 10.1 Å². The molecule has 0 aliphatic heterocycles. The molecule has 0 heterocycles. The van der Waals surface area contributed by atoms with Gasteiger partial charge in [0.2, 0.25) is 0 Å². The van der Waals surface area contributed by atoms with Gasteiger partial charge in [0.1, 0.15) is 5.92 Å². The van der Waals surface area contributed by atoms with Crippen LogP contribution in [0.3, 0.4) is 0 Å². The van der Waals surface area contributed by atoms with Gasteiger partial charge in [0.15, 0.2) is 5.78 Å². The lowest BCUT2D eigenvalue weighted by molar-refractivity contribution is -0.127. The molecule has 0 aliphatic carbocycles. The van der Waals surface area contributed by atoms with E-state index in [2.05, 4.69) is 22.0 Å². The summed E-state index contributed by atoms with van der Waals surface area (Å²) in [5, 5.41) is 9.24. The molecule has 17 heavy (non-hydrogen) atoms. The lowest BCUT2D eigenvalue weighted by Gasteiger charge is -2.24. The summed E-state index contributed by atoms with van der Waals surface area (Å²) >= 11 is 3.39. The number of carbonyl (C=O) groups excluding carboxylic acids is 1. The molecular formula is C14H16BrNO. The average Bonchev–Trinajstić information content (AvgIpc) is 2.32. The van der Waals surface area contributed by atoms with Crippen LogP contribution >= 0.6 is 15.9 Å². The number of rotatable bonds is 4. The predicted octanol–water partition coefficient (Wildman–Crippen LogP) is 4.06. The summed E-state index contributed by atoms with van der Waals surface area (Å²) in [6.07, 6.45) is 0.731. The monoisotopic (exact) mass is 293 g/mol. The van der Waals surface area contributed by atoms with Crippen molar-refractivity contribution in [1.29, 1.82) is 5.26 Å². The molecule has 1 rings (SSSR count). The maximum Gasteiger partial charge on any atom is 0.160 e. The fourth-order valence-corrected chi connectivity index (χ4v) is 2.06. The van der Waals surface area contributed by atoms with Crippen molar-refractivity contribution in [3.05, 3.63) is 34.3 Å². The van der Waals surface area contributed by atoms with Gasteiger partial charge in [0, 0.05) is 9.89 Å². The maximum atomic E-state index is 12.3. The highest BCUT2D eigenvalue weighted by atomic mass is 79.9. The van der Waals surface area contributed by atoms with E-state index in [0.717, 1.165) is 16.5 Å². The molecule has 3 heteroatoms. The van der Waals surface area contributed by atoms with E-state index in [-0.39, 0.29) is 5.78 Å². The van der Waals surface area contributed by atoms with Crippen LogP contribution in [0.4, 0.5) is 0 Å². The summed E-state index contributed by atoms with van der Waals surface area (Å²) < 4.78 is 0.812. The van der Waals surface area contributed by atoms with E-state index in [1.807, 2.05) is 45.0 Å². The second kappa shape index (κ2) is 5.46. The molecule has 90 valence electrons. The first-order valence-corrected chi connectivity index (χ1v) is 6.41. The largest absolute Gasteiger partial charge is 0.297 e. The number of nitrogens with zero attached hydrogens (tertiary/aromatic N) is 1. The van der Waals surface area contributed by atoms with Crippen LogP contribution < -0.4 is 0 Å². The van der Waals surface area contributed by atoms with Crippen molar-refractivity contribution >= 4 is 21.7 Å². The Morgan fingerprint density at radius 1 is 1.47 bits per heavy atom. The molecule has 0 aromatic heterocycles. The SMILES string of the molecule is CCC(C)(C)C(=O)C(C#N)c1ccccc1Br. The number of Topliss-reactive ketones (excluding diaryl/α,β-unsaturated/α-hetero) is 1. The van der Waals surface area contributed by atoms with Crippen molar-refractivity contribution < 1.29 is 4.79 Å². The van der Waals surface area contributed by atoms with Gasteiger partial charge in [0.05, 0.1) is 6.07 Å². The molecule has 0 saturated carbocycles. The molecular weight excluding hydrogens is 278 g/mol. The van der Waals surface area contributed by atoms with Gasteiger partial charge in [-0.25, -0.2) is 0 Å². The summed E-state index contributed by atoms with van der Waals surface area (Å²) in [6, 6.07) is 9.51. The van der Waals surface area contributed by atoms with Crippen LogP contribution in [0.5, 0.6) is 0 Å². The van der Waals surface area contributed by atoms with Gasteiger partial charge >= 0.3 is 0 Å². The van der Waals surface area contributed by atoms with Gasteiger partial charge in [-0.3, -0.25) is 4.79 Å². The normalized spacial score (nSPS) is 12.9. The van der Waals surface area contributed by atoms with Crippen molar-refractivity contribution in [3.8, 4) is 6.07 Å². The number of nitriles is 1. The van der Waals surface area contributed by atoms with Crippen molar-refractivity contribution in [2.45, 2.75) is 33.1 Å². The quantitative estimate of drug-likeness (QED) is 0.840. The molecule has 0 radical (unpaired) electrons. The summed E-state index contributed by atoms with van der Waals surface area (Å²) in [4.78, 5) is 12.3. The van der Waals surface area contributed by atoms with Crippen LogP contribution in [0.1, 0.15) is 38.7 Å². The Labute approximate surface area is 111 Å². The van der Waals surface area contributed by atoms with Crippen LogP contribution in [0, 0.1) is 16.7 Å². The smallest absolute Gasteiger partial charge is 0.160 e. The van der Waals surface area contributed by atoms with E-state index in [1.165, 1.54) is 0 Å². The Kier molecular flexibility index (Phi) is 4.47. The number of benzene rings is 1. The molecule has 2 nitrogen and oxygen atoms in total. The van der Waals surface area contributed by atoms with Gasteiger partial charge in [-0.05, 0) is 18.1 Å². The van der Waals surface area contributed by atoms with Crippen molar-refractivity contribution in [3.63, 3.8) is 0 Å². The molecule has 0 bridgehead atoms. The summed E-state index contributed by atoms with van der Waals surface area (Å²) in [5.41, 5.74) is 0.289. The zero-order chi connectivity index (χ0) is 13.1. The Morgan fingerprint density at radius 3 is 2.53 bits per heavy atom. The Bertz CT molecular complexity index is 460. The van der Waals surface area contributed by atoms with Crippen LogP contribution in [0.15, 0.2) is 28.7 Å². The van der Waals surface area contributed by atoms with Gasteiger partial charge in [-0.1, -0.05) is 54.9 Å². The van der Waals surface area contributed by atoms with Gasteiger partial charge in [0.25, 0.3) is 0 Å². The van der Waals surface area contributed by atoms with Crippen molar-refractivity contribution in [1.82, 2.24) is 0 Å². The summed E-state index contributed by atoms with van der Waals surface area (Å²) in [6.45, 7) is 5.74. The molecule has 1 aromatic carbocycles. The fraction of sp³-hybridized carbons (Fsp3) is 0.429. The van der Waals surface area contributed by atoms with Gasteiger partial charge in [-0.15, -0.1) is 0 Å². The zero-order valence-electron chi connectivity index (χ0n) is 10.3. The van der Waals surface area contributed by atoms with Crippen LogP contribution in [-0.2, 0) is 4.79 Å². The minimum Gasteiger partial charge on any atom is -0.297 e. The number of hydrogen-bond donors (Lipinski definition) is 0. The molecule has 0 saturated heterocycles. The lowest BCUT2D eigenvalue weighted by atomic mass is 9.77. The van der Waals surface area contributed by atoms with Crippen LogP contribution in [-0.4, -0.2) is 5.78 Å². The Balaban J connectivity index is 3.15. The van der Waals surface area contributed by atoms with E-state index in [4.69, 9.17) is 0 Å². The molecule has 0 spiro atoms. The average molecular weight is 294 g/mol. The highest BCUT2D eigenvalue weighted by Gasteiger charge is 2.33. The van der Waals surface area contributed by atoms with E-state index < -0.39 is 11.3 Å². The minimum atomic E-state index is -0.694. The number of halogens is 1. The predicted molar refractivity (Wildman–Crippen MR) is 71.6 cm³/mol. The maximum absolute atomic E-state index is 12.3. The van der Waals surface area contributed by atoms with E-state index in [1.54, 1.807) is 0 Å². The molecule has 0 N–H and O–H groups in total. The third kappa shape index (κ3) is 2.95. The fourth-order valence-electron chi connectivity index (χ4n) is 1.54. The molecule has 1 atom stereocenters. The second-order valence-corrected chi connectivity index (χ2v) is 5.54. The topological polar surface area (TPSA) is 40.9 Å². The van der Waals surface area contributed by atoms with Crippen LogP contribution in [0.2, 0.25) is 0 Å². The first-order chi connectivity index (χ1) is 7.94. The number of carbonyl (C=O) groups is 1. The molecule has 1 aromatic rings. The van der Waals surface area contributed by atoms with E-state index in [0.29, 0.717) is 0 Å². The first-order valence-electron chi connectivity index (χ1n) is 5.62. The minimum absolute atomic E-state index is 0.0191. The highest BCUT2D eigenvalue weighted by Crippen LogP contribution is 2.33. The summed E-state index contributed by atoms with van der Waals surface area (Å²) in [7, 11) is 0. The van der Waals surface area contributed by atoms with Crippen molar-refractivity contribution in [2.24, 2.45) is 5.41 Å². The van der Waals surface area contributed by atoms with Gasteiger partial charge < -0.3 is 0 Å². The third-order valence-corrected chi connectivity index (χ3v) is 3.88. The van der Waals surface area contributed by atoms with Crippen molar-refractivity contribution in [2.75, 3.05) is 0 Å².